The van der Waals surface area contributed by atoms with Crippen molar-refractivity contribution in [2.75, 3.05) is 6.61 Å². The van der Waals surface area contributed by atoms with E-state index in [1.165, 1.54) is 0 Å². The minimum Gasteiger partial charge on any atom is -0.397 e. The summed E-state index contributed by atoms with van der Waals surface area (Å²) in [5.41, 5.74) is 12.1. The molecular weight excluding hydrogens is 134 g/mol. The van der Waals surface area contributed by atoms with Crippen LogP contribution in [0, 0.1) is 0 Å². The van der Waals surface area contributed by atoms with Gasteiger partial charge in [-0.1, -0.05) is 0 Å². The van der Waals surface area contributed by atoms with Crippen LogP contribution >= 0.6 is 0 Å². The first-order valence-corrected chi connectivity index (χ1v) is 2.52. The van der Waals surface area contributed by atoms with Crippen molar-refractivity contribution in [1.82, 2.24) is 0 Å². The average Bonchev–Trinajstić information content (AvgIpc) is 1.85. The van der Waals surface area contributed by atoms with Crippen LogP contribution in [0.15, 0.2) is 6.08 Å². The second kappa shape index (κ2) is 10.5. The third-order valence-corrected chi connectivity index (χ3v) is 0.265. The molecule has 0 bridgehead atoms. The molecule has 0 rings (SSSR count). The standard InChI is InChI=1S/C3H3N3O.C2H6O/c4-3(7)1-2-6-5;1-2-3/h1H,(H2,4,7);3H,2H2,1H3. The van der Waals surface area contributed by atoms with Crippen LogP contribution in [0.1, 0.15) is 6.92 Å². The maximum atomic E-state index is 9.69. The van der Waals surface area contributed by atoms with Crippen LogP contribution in [0.3, 0.4) is 0 Å². The molecule has 0 aliphatic heterocycles. The average molecular weight is 143 g/mol. The Balaban J connectivity index is 0. The van der Waals surface area contributed by atoms with E-state index >= 15 is 0 Å². The van der Waals surface area contributed by atoms with Crippen LogP contribution in [-0.2, 0) is 4.79 Å². The molecule has 0 saturated heterocycles. The molecule has 5 heteroatoms. The summed E-state index contributed by atoms with van der Waals surface area (Å²) in [5, 5.41) is 7.57. The molecule has 0 aliphatic carbocycles. The van der Waals surface area contributed by atoms with Gasteiger partial charge in [0.15, 0.2) is 0 Å². The summed E-state index contributed by atoms with van der Waals surface area (Å²) < 4.78 is 0. The van der Waals surface area contributed by atoms with Crippen LogP contribution in [0.4, 0.5) is 0 Å². The number of nitrogens with two attached hydrogens (primary N) is 1. The molecule has 1 amide bonds. The lowest BCUT2D eigenvalue weighted by Crippen LogP contribution is -2.05. The van der Waals surface area contributed by atoms with E-state index in [-0.39, 0.29) is 6.61 Å². The third kappa shape index (κ3) is 30.7. The normalized spacial score (nSPS) is 5.80. The van der Waals surface area contributed by atoms with Crippen LogP contribution in [0.2, 0.25) is 0 Å². The van der Waals surface area contributed by atoms with Crippen molar-refractivity contribution < 1.29 is 14.7 Å². The SMILES string of the molecule is CCO.[N-]=[N+]=C=CC(N)=O. The summed E-state index contributed by atoms with van der Waals surface area (Å²) in [6.07, 6.45) is 0.819. The van der Waals surface area contributed by atoms with E-state index in [9.17, 15) is 4.79 Å². The van der Waals surface area contributed by atoms with E-state index in [4.69, 9.17) is 10.6 Å². The first-order chi connectivity index (χ1) is 4.68. The predicted molar refractivity (Wildman–Crippen MR) is 35.2 cm³/mol. The number of carbonyl (C=O) groups is 1. The zero-order valence-electron chi connectivity index (χ0n) is 5.61. The van der Waals surface area contributed by atoms with E-state index in [1.807, 2.05) is 5.87 Å². The number of amides is 1. The molecule has 3 N–H and O–H groups in total. The van der Waals surface area contributed by atoms with E-state index < -0.39 is 5.91 Å². The first-order valence-electron chi connectivity index (χ1n) is 2.52. The van der Waals surface area contributed by atoms with Gasteiger partial charge in [0.05, 0.1) is 0 Å². The zero-order chi connectivity index (χ0) is 8.41. The first kappa shape index (κ1) is 11.4. The van der Waals surface area contributed by atoms with E-state index in [2.05, 4.69) is 10.5 Å². The Morgan fingerprint density at radius 2 is 2.40 bits per heavy atom. The van der Waals surface area contributed by atoms with Crippen molar-refractivity contribution in [1.29, 1.82) is 0 Å². The van der Waals surface area contributed by atoms with Gasteiger partial charge in [-0.3, -0.25) is 4.79 Å². The number of aliphatic hydroxyl groups excluding tert-OH is 1. The molecule has 5 nitrogen and oxygen atoms in total. The van der Waals surface area contributed by atoms with Crippen molar-refractivity contribution in [3.63, 3.8) is 0 Å². The van der Waals surface area contributed by atoms with Gasteiger partial charge in [-0.05, 0) is 6.92 Å². The smallest absolute Gasteiger partial charge is 0.305 e. The number of rotatable bonds is 1. The Morgan fingerprint density at radius 1 is 2.00 bits per heavy atom. The Hall–Kier alpha value is -1.41. The number of hydrogen-bond acceptors (Lipinski definition) is 2. The maximum absolute atomic E-state index is 9.69. The molecule has 0 heterocycles. The lowest BCUT2D eigenvalue weighted by atomic mass is 10.6. The minimum absolute atomic E-state index is 0.250. The molecule has 0 fully saturated rings. The molecule has 0 radical (unpaired) electrons. The second-order valence-electron chi connectivity index (χ2n) is 1.09. The van der Waals surface area contributed by atoms with Crippen LogP contribution < -0.4 is 5.73 Å². The summed E-state index contributed by atoms with van der Waals surface area (Å²) in [6, 6.07) is 0. The molecule has 0 spiro atoms. The van der Waals surface area contributed by atoms with Crippen molar-refractivity contribution in [3.05, 3.63) is 11.6 Å². The summed E-state index contributed by atoms with van der Waals surface area (Å²) in [6.45, 7) is 1.93. The largest absolute Gasteiger partial charge is 0.397 e. The number of aliphatic hydroxyl groups is 1. The molecule has 0 unspecified atom stereocenters. The van der Waals surface area contributed by atoms with Gasteiger partial charge < -0.3 is 16.4 Å². The number of carbonyl (C=O) groups excluding carboxylic acids is 1. The molecule has 56 valence electrons. The monoisotopic (exact) mass is 143 g/mol. The number of hydrogen-bond donors (Lipinski definition) is 2. The van der Waals surface area contributed by atoms with E-state index in [1.54, 1.807) is 6.92 Å². The highest BCUT2D eigenvalue weighted by atomic mass is 16.2. The fourth-order valence-electron chi connectivity index (χ4n) is 0.0925. The molecular formula is C5H9N3O2. The van der Waals surface area contributed by atoms with Crippen LogP contribution in [0.5, 0.6) is 0 Å². The van der Waals surface area contributed by atoms with Crippen molar-refractivity contribution in [3.8, 4) is 0 Å². The third-order valence-electron chi connectivity index (χ3n) is 0.265. The summed E-state index contributed by atoms with van der Waals surface area (Å²) in [5.74, 6) is 1.15. The van der Waals surface area contributed by atoms with Gasteiger partial charge in [0.1, 0.15) is 6.08 Å². The highest BCUT2D eigenvalue weighted by molar-refractivity contribution is 5.92. The molecule has 0 aromatic carbocycles. The zero-order valence-corrected chi connectivity index (χ0v) is 5.61. The highest BCUT2D eigenvalue weighted by Gasteiger charge is 1.78. The molecule has 0 atom stereocenters. The molecule has 0 aromatic heterocycles. The van der Waals surface area contributed by atoms with Gasteiger partial charge in [0, 0.05) is 6.61 Å². The van der Waals surface area contributed by atoms with Crippen LogP contribution in [0.25, 0.3) is 5.53 Å². The Labute approximate surface area is 58.4 Å². The van der Waals surface area contributed by atoms with Gasteiger partial charge in [-0.2, -0.15) is 0 Å². The van der Waals surface area contributed by atoms with E-state index in [0.29, 0.717) is 0 Å². The molecule has 0 aromatic rings. The topological polar surface area (TPSA) is 99.7 Å². The van der Waals surface area contributed by atoms with Gasteiger partial charge in [-0.15, -0.1) is 4.79 Å². The lowest BCUT2D eigenvalue weighted by molar-refractivity contribution is -0.113. The quantitative estimate of drug-likeness (QED) is 0.211. The van der Waals surface area contributed by atoms with Crippen LogP contribution in [-0.4, -0.2) is 28.3 Å². The van der Waals surface area contributed by atoms with Gasteiger partial charge >= 0.3 is 5.87 Å². The summed E-state index contributed by atoms with van der Waals surface area (Å²) >= 11 is 0. The summed E-state index contributed by atoms with van der Waals surface area (Å²) in [4.78, 5) is 12.1. The molecule has 0 aliphatic rings. The van der Waals surface area contributed by atoms with Crippen molar-refractivity contribution >= 4 is 11.8 Å². The predicted octanol–water partition coefficient (Wildman–Crippen LogP) is -1.07. The summed E-state index contributed by atoms with van der Waals surface area (Å²) in [7, 11) is 0. The maximum Gasteiger partial charge on any atom is 0.305 e. The molecule has 0 saturated carbocycles. The lowest BCUT2D eigenvalue weighted by Gasteiger charge is -1.62. The Kier molecular flexibility index (Phi) is 12.0. The molecule has 10 heavy (non-hydrogen) atoms. The highest BCUT2D eigenvalue weighted by Crippen LogP contribution is 1.48. The fourth-order valence-corrected chi connectivity index (χ4v) is 0.0925. The van der Waals surface area contributed by atoms with Gasteiger partial charge in [0.2, 0.25) is 0 Å². The van der Waals surface area contributed by atoms with Gasteiger partial charge in [0.25, 0.3) is 5.91 Å². The van der Waals surface area contributed by atoms with E-state index in [0.717, 1.165) is 6.08 Å². The Bertz CT molecular complexity index is 166. The number of primary amides is 1. The minimum atomic E-state index is -0.683. The fraction of sp³-hybridized carbons (Fsp3) is 0.400. The second-order valence-corrected chi connectivity index (χ2v) is 1.09. The van der Waals surface area contributed by atoms with Gasteiger partial charge in [-0.25, -0.2) is 0 Å². The van der Waals surface area contributed by atoms with Crippen molar-refractivity contribution in [2.24, 2.45) is 5.73 Å². The number of nitrogens with zero attached hydrogens (tertiary/aromatic N) is 2. The van der Waals surface area contributed by atoms with Crippen molar-refractivity contribution in [2.45, 2.75) is 6.92 Å². The Morgan fingerprint density at radius 3 is 2.50 bits per heavy atom.